The molecule has 2 atom stereocenters. The van der Waals surface area contributed by atoms with Crippen molar-refractivity contribution in [2.24, 2.45) is 5.84 Å². The van der Waals surface area contributed by atoms with E-state index in [1.807, 2.05) is 6.92 Å². The zero-order chi connectivity index (χ0) is 13.8. The van der Waals surface area contributed by atoms with Crippen molar-refractivity contribution < 1.29 is 9.47 Å². The third-order valence-electron chi connectivity index (χ3n) is 3.55. The van der Waals surface area contributed by atoms with E-state index in [1.165, 1.54) is 11.1 Å². The summed E-state index contributed by atoms with van der Waals surface area (Å²) < 4.78 is 12.1. The summed E-state index contributed by atoms with van der Waals surface area (Å²) in [7, 11) is 1.72. The van der Waals surface area contributed by atoms with E-state index in [9.17, 15) is 0 Å². The molecule has 1 aliphatic rings. The Morgan fingerprint density at radius 2 is 2.32 bits per heavy atom. The number of nitrogens with two attached hydrogens (primary N) is 1. The number of fused-ring (bicyclic) bond motifs is 1. The van der Waals surface area contributed by atoms with Crippen molar-refractivity contribution in [2.45, 2.75) is 38.3 Å². The van der Waals surface area contributed by atoms with E-state index in [4.69, 9.17) is 15.3 Å². The normalized spacial score (nSPS) is 16.8. The van der Waals surface area contributed by atoms with Crippen molar-refractivity contribution >= 4 is 15.9 Å². The molecule has 0 saturated carbocycles. The minimum Gasteiger partial charge on any atom is -0.493 e. The van der Waals surface area contributed by atoms with Crippen molar-refractivity contribution in [1.29, 1.82) is 0 Å². The second-order valence-corrected chi connectivity index (χ2v) is 5.92. The number of hydrogen-bond donors (Lipinski definition) is 2. The zero-order valence-corrected chi connectivity index (χ0v) is 13.0. The summed E-state index contributed by atoms with van der Waals surface area (Å²) in [5, 5.41) is 0. The van der Waals surface area contributed by atoms with Gasteiger partial charge in [0.15, 0.2) is 0 Å². The Hall–Kier alpha value is -0.620. The lowest BCUT2D eigenvalue weighted by atomic mass is 9.98. The zero-order valence-electron chi connectivity index (χ0n) is 11.4. The molecule has 106 valence electrons. The smallest absolute Gasteiger partial charge is 0.125 e. The molecule has 0 aliphatic carbocycles. The summed E-state index contributed by atoms with van der Waals surface area (Å²) in [5.41, 5.74) is 5.36. The highest BCUT2D eigenvalue weighted by Gasteiger charge is 2.20. The monoisotopic (exact) mass is 328 g/mol. The summed E-state index contributed by atoms with van der Waals surface area (Å²) in [4.78, 5) is 0. The maximum atomic E-state index is 5.74. The summed E-state index contributed by atoms with van der Waals surface area (Å²) in [6.07, 6.45) is 2.87. The van der Waals surface area contributed by atoms with Crippen LogP contribution in [0.2, 0.25) is 0 Å². The van der Waals surface area contributed by atoms with E-state index in [-0.39, 0.29) is 12.1 Å². The van der Waals surface area contributed by atoms with E-state index in [1.54, 1.807) is 7.11 Å². The Morgan fingerprint density at radius 1 is 1.53 bits per heavy atom. The molecular weight excluding hydrogens is 308 g/mol. The van der Waals surface area contributed by atoms with Gasteiger partial charge in [-0.25, -0.2) is 0 Å². The first-order valence-electron chi connectivity index (χ1n) is 6.57. The molecule has 5 heteroatoms. The third-order valence-corrected chi connectivity index (χ3v) is 4.00. The lowest BCUT2D eigenvalue weighted by Crippen LogP contribution is -2.39. The van der Waals surface area contributed by atoms with Crippen molar-refractivity contribution in [2.75, 3.05) is 13.7 Å². The van der Waals surface area contributed by atoms with E-state index >= 15 is 0 Å². The molecular formula is C14H21BrN2O2. The molecule has 0 amide bonds. The highest BCUT2D eigenvalue weighted by Crippen LogP contribution is 2.33. The van der Waals surface area contributed by atoms with Gasteiger partial charge < -0.3 is 9.47 Å². The summed E-state index contributed by atoms with van der Waals surface area (Å²) in [6.45, 7) is 2.82. The van der Waals surface area contributed by atoms with Crippen LogP contribution in [-0.4, -0.2) is 25.9 Å². The van der Waals surface area contributed by atoms with Gasteiger partial charge in [-0.3, -0.25) is 11.3 Å². The first-order valence-corrected chi connectivity index (χ1v) is 7.36. The number of rotatable bonds is 6. The van der Waals surface area contributed by atoms with Crippen LogP contribution < -0.4 is 16.0 Å². The molecule has 4 nitrogen and oxygen atoms in total. The summed E-state index contributed by atoms with van der Waals surface area (Å²) in [5.74, 6) is 6.68. The van der Waals surface area contributed by atoms with E-state index in [2.05, 4.69) is 33.5 Å². The molecule has 0 saturated heterocycles. The van der Waals surface area contributed by atoms with Gasteiger partial charge in [0, 0.05) is 24.0 Å². The lowest BCUT2D eigenvalue weighted by molar-refractivity contribution is 0.100. The number of methoxy groups -OCH3 is 1. The van der Waals surface area contributed by atoms with Crippen LogP contribution >= 0.6 is 15.9 Å². The minimum absolute atomic E-state index is 0.178. The summed E-state index contributed by atoms with van der Waals surface area (Å²) >= 11 is 3.56. The van der Waals surface area contributed by atoms with Crippen LogP contribution in [0.3, 0.4) is 0 Å². The van der Waals surface area contributed by atoms with Crippen molar-refractivity contribution in [1.82, 2.24) is 5.43 Å². The van der Waals surface area contributed by atoms with Crippen molar-refractivity contribution in [3.63, 3.8) is 0 Å². The second kappa shape index (κ2) is 6.70. The van der Waals surface area contributed by atoms with Gasteiger partial charge in [0.1, 0.15) is 5.75 Å². The fourth-order valence-corrected chi connectivity index (χ4v) is 3.02. The molecule has 1 aromatic carbocycles. The molecule has 0 radical (unpaired) electrons. The Balaban J connectivity index is 2.13. The highest BCUT2D eigenvalue weighted by molar-refractivity contribution is 9.10. The topological polar surface area (TPSA) is 56.5 Å². The number of halogens is 1. The number of benzene rings is 1. The van der Waals surface area contributed by atoms with E-state index in [0.717, 1.165) is 36.1 Å². The highest BCUT2D eigenvalue weighted by atomic mass is 79.9. The Kier molecular flexibility index (Phi) is 5.21. The lowest BCUT2D eigenvalue weighted by Gasteiger charge is -2.20. The van der Waals surface area contributed by atoms with Crippen LogP contribution in [0.1, 0.15) is 24.5 Å². The maximum absolute atomic E-state index is 5.74. The Bertz CT molecular complexity index is 440. The minimum atomic E-state index is 0.178. The first kappa shape index (κ1) is 14.8. The van der Waals surface area contributed by atoms with E-state index < -0.39 is 0 Å². The van der Waals surface area contributed by atoms with Gasteiger partial charge in [-0.15, -0.1) is 0 Å². The van der Waals surface area contributed by atoms with Crippen LogP contribution in [0.25, 0.3) is 0 Å². The molecule has 1 aliphatic heterocycles. The van der Waals surface area contributed by atoms with Crippen LogP contribution in [0.5, 0.6) is 5.75 Å². The van der Waals surface area contributed by atoms with Gasteiger partial charge in [0.05, 0.1) is 12.7 Å². The molecule has 0 bridgehead atoms. The van der Waals surface area contributed by atoms with Crippen LogP contribution in [0.15, 0.2) is 16.6 Å². The number of nitrogens with one attached hydrogen (secondary N) is 1. The first-order chi connectivity index (χ1) is 9.13. The third kappa shape index (κ3) is 3.69. The molecule has 1 heterocycles. The van der Waals surface area contributed by atoms with Gasteiger partial charge in [0.25, 0.3) is 0 Å². The maximum Gasteiger partial charge on any atom is 0.125 e. The average molecular weight is 329 g/mol. The van der Waals surface area contributed by atoms with Crippen molar-refractivity contribution in [3.05, 3.63) is 27.7 Å². The largest absolute Gasteiger partial charge is 0.493 e. The van der Waals surface area contributed by atoms with Gasteiger partial charge in [0.2, 0.25) is 0 Å². The van der Waals surface area contributed by atoms with Crippen LogP contribution in [-0.2, 0) is 17.6 Å². The standard InChI is InChI=1S/C14H21BrN2O2/c1-9(18-2)5-13(17-16)8-11-7-12(15)6-10-3-4-19-14(10)11/h6-7,9,13,17H,3-5,8,16H2,1-2H3. The summed E-state index contributed by atoms with van der Waals surface area (Å²) in [6, 6.07) is 4.43. The van der Waals surface area contributed by atoms with Crippen molar-refractivity contribution in [3.8, 4) is 5.75 Å². The SMILES string of the molecule is COC(C)CC(Cc1cc(Br)cc2c1OCC2)NN. The second-order valence-electron chi connectivity index (χ2n) is 5.00. The predicted octanol–water partition coefficient (Wildman–Crippen LogP) is 2.18. The number of hydrazine groups is 1. The van der Waals surface area contributed by atoms with Crippen LogP contribution in [0.4, 0.5) is 0 Å². The molecule has 3 N–H and O–H groups in total. The molecule has 2 rings (SSSR count). The molecule has 0 spiro atoms. The van der Waals surface area contributed by atoms with E-state index in [0.29, 0.717) is 0 Å². The molecule has 1 aromatic rings. The molecule has 19 heavy (non-hydrogen) atoms. The van der Waals surface area contributed by atoms with Gasteiger partial charge >= 0.3 is 0 Å². The Labute approximate surface area is 122 Å². The predicted molar refractivity (Wildman–Crippen MR) is 79.2 cm³/mol. The van der Waals surface area contributed by atoms with Gasteiger partial charge in [-0.1, -0.05) is 15.9 Å². The van der Waals surface area contributed by atoms with Crippen LogP contribution in [0, 0.1) is 0 Å². The Morgan fingerprint density at radius 3 is 3.00 bits per heavy atom. The molecule has 0 fully saturated rings. The number of hydrogen-bond acceptors (Lipinski definition) is 4. The van der Waals surface area contributed by atoms with Gasteiger partial charge in [-0.2, -0.15) is 0 Å². The fourth-order valence-electron chi connectivity index (χ4n) is 2.47. The molecule has 0 aromatic heterocycles. The number of ether oxygens (including phenoxy) is 2. The quantitative estimate of drug-likeness (QED) is 0.620. The fraction of sp³-hybridized carbons (Fsp3) is 0.571. The molecule has 2 unspecified atom stereocenters. The van der Waals surface area contributed by atoms with Gasteiger partial charge in [-0.05, 0) is 43.0 Å². The average Bonchev–Trinajstić information content (AvgIpc) is 2.85.